The average molecular weight is 447 g/mol. The summed E-state index contributed by atoms with van der Waals surface area (Å²) in [6.07, 6.45) is 1.20. The molecule has 0 spiro atoms. The molecule has 2 aromatic rings. The zero-order valence-electron chi connectivity index (χ0n) is 17.7. The molecule has 3 amide bonds. The average Bonchev–Trinajstić information content (AvgIpc) is 3.45. The fraction of sp³-hybridized carbons (Fsp3) is 0.409. The highest BCUT2D eigenvalue weighted by molar-refractivity contribution is 7.12. The number of carbonyl (C=O) groups excluding carboxylic acids is 2. The Morgan fingerprint density at radius 2 is 2.13 bits per heavy atom. The van der Waals surface area contributed by atoms with Crippen molar-refractivity contribution in [2.75, 3.05) is 33.4 Å². The Hall–Kier alpha value is -2.78. The summed E-state index contributed by atoms with van der Waals surface area (Å²) < 4.78 is 19.7. The first-order valence-electron chi connectivity index (χ1n) is 10.2. The summed E-state index contributed by atoms with van der Waals surface area (Å²) in [5, 5.41) is 10.6. The number of thiophene rings is 1. The van der Waals surface area contributed by atoms with Crippen LogP contribution in [0.4, 0.5) is 9.18 Å². The predicted octanol–water partition coefficient (Wildman–Crippen LogP) is 3.63. The highest BCUT2D eigenvalue weighted by Gasteiger charge is 2.35. The van der Waals surface area contributed by atoms with Gasteiger partial charge in [0.25, 0.3) is 5.91 Å². The molecule has 0 bridgehead atoms. The molecular formula is C22H27FN4O3S. The van der Waals surface area contributed by atoms with Gasteiger partial charge in [0.05, 0.1) is 23.2 Å². The lowest BCUT2D eigenvalue weighted by Crippen LogP contribution is -2.47. The quantitative estimate of drug-likeness (QED) is 0.639. The van der Waals surface area contributed by atoms with E-state index in [-0.39, 0.29) is 30.8 Å². The summed E-state index contributed by atoms with van der Waals surface area (Å²) in [7, 11) is 1.54. The van der Waals surface area contributed by atoms with Crippen LogP contribution in [0.5, 0.6) is 0 Å². The van der Waals surface area contributed by atoms with Crippen LogP contribution < -0.4 is 5.32 Å². The Morgan fingerprint density at radius 1 is 1.32 bits per heavy atom. The van der Waals surface area contributed by atoms with Crippen molar-refractivity contribution in [3.63, 3.8) is 0 Å². The van der Waals surface area contributed by atoms with E-state index in [9.17, 15) is 14.0 Å². The number of halogens is 1. The highest BCUT2D eigenvalue weighted by Crippen LogP contribution is 2.35. The number of nitrogens with one attached hydrogen (secondary N) is 1. The van der Waals surface area contributed by atoms with E-state index in [1.807, 2.05) is 24.4 Å². The monoisotopic (exact) mass is 446 g/mol. The summed E-state index contributed by atoms with van der Waals surface area (Å²) >= 11 is 1.52. The van der Waals surface area contributed by atoms with E-state index in [4.69, 9.17) is 4.74 Å². The molecule has 0 saturated heterocycles. The molecule has 2 heterocycles. The number of nitrogens with zero attached hydrogens (tertiary/aromatic N) is 3. The van der Waals surface area contributed by atoms with Gasteiger partial charge in [0.1, 0.15) is 12.4 Å². The molecule has 7 nitrogen and oxygen atoms in total. The number of hydrogen-bond acceptors (Lipinski definition) is 5. The van der Waals surface area contributed by atoms with Gasteiger partial charge in [-0.1, -0.05) is 31.2 Å². The fourth-order valence-electron chi connectivity index (χ4n) is 3.35. The molecule has 0 saturated carbocycles. The van der Waals surface area contributed by atoms with Crippen LogP contribution in [0.1, 0.15) is 36.2 Å². The van der Waals surface area contributed by atoms with Gasteiger partial charge in [-0.3, -0.25) is 4.79 Å². The fourth-order valence-corrected chi connectivity index (χ4v) is 4.07. The van der Waals surface area contributed by atoms with Crippen molar-refractivity contribution in [2.45, 2.75) is 25.8 Å². The third-order valence-corrected chi connectivity index (χ3v) is 5.86. The normalized spacial score (nSPS) is 15.6. The largest absolute Gasteiger partial charge is 0.383 e. The second-order valence-corrected chi connectivity index (χ2v) is 8.10. The minimum atomic E-state index is -0.561. The van der Waals surface area contributed by atoms with E-state index in [2.05, 4.69) is 10.4 Å². The molecule has 0 unspecified atom stereocenters. The van der Waals surface area contributed by atoms with Crippen molar-refractivity contribution in [1.82, 2.24) is 15.2 Å². The van der Waals surface area contributed by atoms with Gasteiger partial charge < -0.3 is 15.0 Å². The third kappa shape index (κ3) is 5.68. The molecule has 31 heavy (non-hydrogen) atoms. The Kier molecular flexibility index (Phi) is 8.13. The molecule has 0 aliphatic carbocycles. The number of ether oxygens (including phenoxy) is 1. The molecule has 0 fully saturated rings. The standard InChI is InChI=1S/C22H27FN4O3S/c1-3-10-24-22(29)26(11-12-30-2)15-21(28)27-19(16-7-4-5-8-17(16)23)14-18(25-27)20-9-6-13-31-20/h4-9,13,19H,3,10-12,14-15H2,1-2H3,(H,24,29)/t19-/m1/s1. The van der Waals surface area contributed by atoms with E-state index in [1.165, 1.54) is 34.4 Å². The Bertz CT molecular complexity index is 919. The minimum Gasteiger partial charge on any atom is -0.383 e. The van der Waals surface area contributed by atoms with Crippen LogP contribution >= 0.6 is 11.3 Å². The van der Waals surface area contributed by atoms with Crippen LogP contribution in [0, 0.1) is 5.82 Å². The first kappa shape index (κ1) is 22.9. The second kappa shape index (κ2) is 11.0. The smallest absolute Gasteiger partial charge is 0.317 e. The maximum absolute atomic E-state index is 14.6. The molecule has 1 atom stereocenters. The number of carbonyl (C=O) groups is 2. The molecular weight excluding hydrogens is 419 g/mol. The number of benzene rings is 1. The Balaban J connectivity index is 1.84. The number of hydrogen-bond donors (Lipinski definition) is 1. The van der Waals surface area contributed by atoms with E-state index < -0.39 is 6.04 Å². The van der Waals surface area contributed by atoms with Gasteiger partial charge in [-0.05, 0) is 23.9 Å². The van der Waals surface area contributed by atoms with E-state index in [0.717, 1.165) is 17.0 Å². The topological polar surface area (TPSA) is 74.2 Å². The lowest BCUT2D eigenvalue weighted by atomic mass is 10.0. The lowest BCUT2D eigenvalue weighted by molar-refractivity contribution is -0.133. The molecule has 1 aliphatic rings. The van der Waals surface area contributed by atoms with Crippen molar-refractivity contribution in [3.8, 4) is 0 Å². The SMILES string of the molecule is CCCNC(=O)N(CCOC)CC(=O)N1N=C(c2cccs2)C[C@@H]1c1ccccc1F. The summed E-state index contributed by atoms with van der Waals surface area (Å²) in [6.45, 7) is 2.85. The van der Waals surface area contributed by atoms with E-state index >= 15 is 0 Å². The van der Waals surface area contributed by atoms with E-state index in [1.54, 1.807) is 18.2 Å². The lowest BCUT2D eigenvalue weighted by Gasteiger charge is -2.27. The van der Waals surface area contributed by atoms with Crippen molar-refractivity contribution in [3.05, 3.63) is 58.0 Å². The van der Waals surface area contributed by atoms with Crippen LogP contribution in [0.15, 0.2) is 46.9 Å². The van der Waals surface area contributed by atoms with Gasteiger partial charge in [-0.15, -0.1) is 11.3 Å². The minimum absolute atomic E-state index is 0.176. The first-order valence-corrected chi connectivity index (χ1v) is 11.1. The Morgan fingerprint density at radius 3 is 2.81 bits per heavy atom. The number of hydrazone groups is 1. The van der Waals surface area contributed by atoms with Gasteiger partial charge in [0.2, 0.25) is 0 Å². The molecule has 0 radical (unpaired) electrons. The van der Waals surface area contributed by atoms with Gasteiger partial charge in [-0.2, -0.15) is 5.10 Å². The Labute approximate surface area is 185 Å². The van der Waals surface area contributed by atoms with Crippen LogP contribution in [-0.4, -0.2) is 60.9 Å². The van der Waals surface area contributed by atoms with Crippen LogP contribution in [0.2, 0.25) is 0 Å². The molecule has 1 aromatic carbocycles. The van der Waals surface area contributed by atoms with Crippen molar-refractivity contribution >= 4 is 29.0 Å². The maximum Gasteiger partial charge on any atom is 0.317 e. The first-order chi connectivity index (χ1) is 15.0. The van der Waals surface area contributed by atoms with Gasteiger partial charge in [-0.25, -0.2) is 14.2 Å². The second-order valence-electron chi connectivity index (χ2n) is 7.15. The third-order valence-electron chi connectivity index (χ3n) is 4.94. The summed E-state index contributed by atoms with van der Waals surface area (Å²) in [5.41, 5.74) is 1.14. The molecule has 1 aliphatic heterocycles. The maximum atomic E-state index is 14.6. The molecule has 1 N–H and O–H groups in total. The van der Waals surface area contributed by atoms with Crippen LogP contribution in [-0.2, 0) is 9.53 Å². The zero-order valence-corrected chi connectivity index (χ0v) is 18.5. The van der Waals surface area contributed by atoms with Gasteiger partial charge in [0, 0.05) is 32.2 Å². The van der Waals surface area contributed by atoms with Crippen LogP contribution in [0.25, 0.3) is 0 Å². The van der Waals surface area contributed by atoms with Gasteiger partial charge in [0.15, 0.2) is 0 Å². The number of rotatable bonds is 9. The summed E-state index contributed by atoms with van der Waals surface area (Å²) in [6, 6.07) is 9.35. The molecule has 9 heteroatoms. The number of urea groups is 1. The predicted molar refractivity (Wildman–Crippen MR) is 119 cm³/mol. The van der Waals surface area contributed by atoms with Crippen molar-refractivity contribution in [1.29, 1.82) is 0 Å². The molecule has 3 rings (SSSR count). The molecule has 1 aromatic heterocycles. The number of amides is 3. The number of methoxy groups -OCH3 is 1. The zero-order chi connectivity index (χ0) is 22.2. The van der Waals surface area contributed by atoms with Gasteiger partial charge >= 0.3 is 6.03 Å². The van der Waals surface area contributed by atoms with Crippen molar-refractivity contribution < 1.29 is 18.7 Å². The summed E-state index contributed by atoms with van der Waals surface area (Å²) in [5.74, 6) is -0.757. The molecule has 166 valence electrons. The van der Waals surface area contributed by atoms with Crippen molar-refractivity contribution in [2.24, 2.45) is 5.10 Å². The van der Waals surface area contributed by atoms with Crippen LogP contribution in [0.3, 0.4) is 0 Å². The highest BCUT2D eigenvalue weighted by atomic mass is 32.1. The summed E-state index contributed by atoms with van der Waals surface area (Å²) in [4.78, 5) is 28.1. The van der Waals surface area contributed by atoms with E-state index in [0.29, 0.717) is 25.1 Å².